The Balaban J connectivity index is -0.000000137. The van der Waals surface area contributed by atoms with E-state index in [9.17, 15) is 0 Å². The van der Waals surface area contributed by atoms with Crippen molar-refractivity contribution in [2.75, 3.05) is 6.73 Å². The molecule has 0 aliphatic heterocycles. The summed E-state index contributed by atoms with van der Waals surface area (Å²) in [6.45, 7) is 8.24. The van der Waals surface area contributed by atoms with E-state index in [-0.39, 0.29) is 6.73 Å². The number of nitrogens with two attached hydrogens (primary N) is 1. The summed E-state index contributed by atoms with van der Waals surface area (Å²) in [7, 11) is 0. The Bertz CT molecular complexity index is 36.8. The zero-order valence-electron chi connectivity index (χ0n) is 9.27. The highest BCUT2D eigenvalue weighted by molar-refractivity contribution is 4.35. The van der Waals surface area contributed by atoms with Crippen LogP contribution in [0, 0.1) is 0 Å². The van der Waals surface area contributed by atoms with E-state index in [0.29, 0.717) is 0 Å². The van der Waals surface area contributed by atoms with Crippen molar-refractivity contribution in [3.8, 4) is 0 Å². The van der Waals surface area contributed by atoms with Crippen LogP contribution in [0.3, 0.4) is 0 Å². The molecule has 12 heavy (non-hydrogen) atoms. The third kappa shape index (κ3) is 51.4. The summed E-state index contributed by atoms with van der Waals surface area (Å²) < 4.78 is 0. The van der Waals surface area contributed by atoms with Crippen molar-refractivity contribution in [1.82, 2.24) is 0 Å². The summed E-state index contributed by atoms with van der Waals surface area (Å²) in [5.74, 6) is 0. The van der Waals surface area contributed by atoms with Crippen LogP contribution >= 0.6 is 0 Å². The average molecular weight is 177 g/mol. The molecule has 0 atom stereocenters. The molecule has 0 fully saturated rings. The molecule has 0 spiro atoms. The molecule has 0 saturated heterocycles. The second kappa shape index (κ2) is 30.7. The fraction of sp³-hybridized carbons (Fsp3) is 1.00. The normalized spacial score (nSPS) is 7.50. The van der Waals surface area contributed by atoms with Gasteiger partial charge in [-0.15, -0.1) is 0 Å². The van der Waals surface area contributed by atoms with Crippen molar-refractivity contribution < 1.29 is 5.11 Å². The zero-order chi connectivity index (χ0) is 10.2. The Morgan fingerprint density at radius 3 is 1.33 bits per heavy atom. The lowest BCUT2D eigenvalue weighted by molar-refractivity contribution is 0.307. The highest BCUT2D eigenvalue weighted by Crippen LogP contribution is 2.00. The van der Waals surface area contributed by atoms with Gasteiger partial charge in [0.2, 0.25) is 0 Å². The van der Waals surface area contributed by atoms with Crippen LogP contribution in [0.2, 0.25) is 0 Å². The molecular formula is C10H27NO. The minimum atomic E-state index is -0.250. The SMILES string of the molecule is CC.CCCCCCC.NCO. The van der Waals surface area contributed by atoms with Gasteiger partial charge in [-0.1, -0.05) is 59.8 Å². The van der Waals surface area contributed by atoms with Crippen LogP contribution in [-0.2, 0) is 0 Å². The maximum absolute atomic E-state index is 7.35. The predicted molar refractivity (Wildman–Crippen MR) is 57.1 cm³/mol. The molecule has 2 nitrogen and oxygen atoms in total. The maximum Gasteiger partial charge on any atom is 0.0906 e. The van der Waals surface area contributed by atoms with E-state index in [1.165, 1.54) is 32.1 Å². The zero-order valence-corrected chi connectivity index (χ0v) is 9.27. The molecule has 0 radical (unpaired) electrons. The van der Waals surface area contributed by atoms with Crippen LogP contribution in [0.1, 0.15) is 59.8 Å². The Morgan fingerprint density at radius 2 is 1.17 bits per heavy atom. The standard InChI is InChI=1S/C7H16.C2H6.CH5NO/c1-3-5-7-6-4-2;1-2;2-1-3/h3-7H2,1-2H3;1-2H3;3H,1-2H2. The van der Waals surface area contributed by atoms with Crippen molar-refractivity contribution in [1.29, 1.82) is 0 Å². The van der Waals surface area contributed by atoms with Crippen LogP contribution < -0.4 is 5.73 Å². The largest absolute Gasteiger partial charge is 0.382 e. The average Bonchev–Trinajstić information content (AvgIpc) is 2.11. The van der Waals surface area contributed by atoms with E-state index in [0.717, 1.165) is 0 Å². The molecule has 0 saturated carbocycles. The summed E-state index contributed by atoms with van der Waals surface area (Å²) >= 11 is 0. The van der Waals surface area contributed by atoms with E-state index in [1.807, 2.05) is 13.8 Å². The van der Waals surface area contributed by atoms with Crippen LogP contribution in [0.4, 0.5) is 0 Å². The second-order valence-corrected chi connectivity index (χ2v) is 2.24. The van der Waals surface area contributed by atoms with E-state index in [4.69, 9.17) is 5.11 Å². The minimum absolute atomic E-state index is 0.250. The lowest BCUT2D eigenvalue weighted by atomic mass is 10.2. The first kappa shape index (κ1) is 17.9. The molecule has 0 aromatic carbocycles. The van der Waals surface area contributed by atoms with E-state index >= 15 is 0 Å². The van der Waals surface area contributed by atoms with Crippen LogP contribution in [-0.4, -0.2) is 11.8 Å². The Hall–Kier alpha value is -0.0800. The van der Waals surface area contributed by atoms with Crippen LogP contribution in [0.25, 0.3) is 0 Å². The third-order valence-corrected chi connectivity index (χ3v) is 1.21. The first-order chi connectivity index (χ1) is 5.83. The van der Waals surface area contributed by atoms with Crippen molar-refractivity contribution in [3.05, 3.63) is 0 Å². The van der Waals surface area contributed by atoms with Crippen molar-refractivity contribution in [3.63, 3.8) is 0 Å². The van der Waals surface area contributed by atoms with Gasteiger partial charge in [-0.2, -0.15) is 0 Å². The van der Waals surface area contributed by atoms with Gasteiger partial charge in [-0.05, 0) is 0 Å². The number of unbranched alkanes of at least 4 members (excludes halogenated alkanes) is 4. The van der Waals surface area contributed by atoms with Gasteiger partial charge >= 0.3 is 0 Å². The number of rotatable bonds is 4. The van der Waals surface area contributed by atoms with Gasteiger partial charge in [0.15, 0.2) is 0 Å². The molecule has 0 heterocycles. The van der Waals surface area contributed by atoms with Gasteiger partial charge in [0, 0.05) is 0 Å². The highest BCUT2D eigenvalue weighted by atomic mass is 16.3. The molecule has 3 N–H and O–H groups in total. The van der Waals surface area contributed by atoms with Crippen LogP contribution in [0.5, 0.6) is 0 Å². The van der Waals surface area contributed by atoms with Gasteiger partial charge < -0.3 is 10.8 Å². The van der Waals surface area contributed by atoms with E-state index in [1.54, 1.807) is 0 Å². The summed E-state index contributed by atoms with van der Waals surface area (Å²) in [6.07, 6.45) is 7.01. The van der Waals surface area contributed by atoms with E-state index in [2.05, 4.69) is 19.6 Å². The summed E-state index contributed by atoms with van der Waals surface area (Å²) in [5, 5.41) is 7.35. The number of hydrogen-bond acceptors (Lipinski definition) is 2. The first-order valence-electron chi connectivity index (χ1n) is 5.14. The summed E-state index contributed by atoms with van der Waals surface area (Å²) in [4.78, 5) is 0. The van der Waals surface area contributed by atoms with Crippen molar-refractivity contribution in [2.24, 2.45) is 5.73 Å². The van der Waals surface area contributed by atoms with Gasteiger partial charge in [0.05, 0.1) is 6.73 Å². The molecule has 0 aromatic heterocycles. The molecule has 0 rings (SSSR count). The van der Waals surface area contributed by atoms with Crippen LogP contribution in [0.15, 0.2) is 0 Å². The molecule has 0 unspecified atom stereocenters. The molecule has 0 aromatic rings. The quantitative estimate of drug-likeness (QED) is 0.512. The van der Waals surface area contributed by atoms with Crippen molar-refractivity contribution >= 4 is 0 Å². The predicted octanol–water partition coefficient (Wildman–Crippen LogP) is 2.90. The van der Waals surface area contributed by atoms with Crippen molar-refractivity contribution in [2.45, 2.75) is 59.8 Å². The second-order valence-electron chi connectivity index (χ2n) is 2.24. The van der Waals surface area contributed by atoms with E-state index < -0.39 is 0 Å². The molecule has 0 aliphatic rings. The highest BCUT2D eigenvalue weighted by Gasteiger charge is 1.80. The molecular weight excluding hydrogens is 150 g/mol. The topological polar surface area (TPSA) is 46.2 Å². The molecule has 2 heteroatoms. The molecule has 0 aliphatic carbocycles. The Kier molecular flexibility index (Phi) is 45.6. The maximum atomic E-state index is 7.35. The smallest absolute Gasteiger partial charge is 0.0906 e. The lowest BCUT2D eigenvalue weighted by Gasteiger charge is -1.90. The fourth-order valence-corrected chi connectivity index (χ4v) is 0.677. The fourth-order valence-electron chi connectivity index (χ4n) is 0.677. The summed E-state index contributed by atoms with van der Waals surface area (Å²) in [5.41, 5.74) is 4.40. The lowest BCUT2D eigenvalue weighted by Crippen LogP contribution is -1.92. The van der Waals surface area contributed by atoms with Gasteiger partial charge in [0.1, 0.15) is 0 Å². The molecule has 78 valence electrons. The Morgan fingerprint density at radius 1 is 0.917 bits per heavy atom. The van der Waals surface area contributed by atoms with Gasteiger partial charge in [-0.3, -0.25) is 0 Å². The number of hydrogen-bond donors (Lipinski definition) is 2. The summed E-state index contributed by atoms with van der Waals surface area (Å²) in [6, 6.07) is 0. The first-order valence-corrected chi connectivity index (χ1v) is 5.14. The Labute approximate surface area is 78.2 Å². The van der Waals surface area contributed by atoms with Gasteiger partial charge in [-0.25, -0.2) is 0 Å². The molecule has 0 amide bonds. The number of aliphatic hydroxyl groups excluding tert-OH is 1. The van der Waals surface area contributed by atoms with Gasteiger partial charge in [0.25, 0.3) is 0 Å². The molecule has 0 bridgehead atoms. The third-order valence-electron chi connectivity index (χ3n) is 1.21. The number of aliphatic hydroxyl groups is 1. The monoisotopic (exact) mass is 177 g/mol. The minimum Gasteiger partial charge on any atom is -0.382 e.